The van der Waals surface area contributed by atoms with Crippen LogP contribution in [0.15, 0.2) is 48.5 Å². The number of carbonyl (C=O) groups excluding carboxylic acids is 2. The molecule has 1 heterocycles. The second kappa shape index (κ2) is 6.51. The predicted molar refractivity (Wildman–Crippen MR) is 95.7 cm³/mol. The SMILES string of the molecule is Cc1ccc(C(=O)C(=O)Nc2cccc(-c3nnnn3C3CC3)c2)cc1. The van der Waals surface area contributed by atoms with Gasteiger partial charge in [-0.05, 0) is 42.3 Å². The van der Waals surface area contributed by atoms with Gasteiger partial charge in [-0.25, -0.2) is 4.68 Å². The van der Waals surface area contributed by atoms with Gasteiger partial charge in [0.15, 0.2) is 5.82 Å². The number of amides is 1. The molecule has 1 fully saturated rings. The Morgan fingerprint density at radius 2 is 1.88 bits per heavy atom. The molecule has 7 heteroatoms. The number of Topliss-reactive ketones (excluding diaryl/α,β-unsaturated/α-hetero) is 1. The van der Waals surface area contributed by atoms with Gasteiger partial charge < -0.3 is 5.32 Å². The zero-order valence-electron chi connectivity index (χ0n) is 14.2. The van der Waals surface area contributed by atoms with Crippen LogP contribution in [0.1, 0.15) is 34.8 Å². The molecule has 2 aromatic carbocycles. The van der Waals surface area contributed by atoms with Crippen LogP contribution in [0.25, 0.3) is 11.4 Å². The standard InChI is InChI=1S/C19H17N5O2/c1-12-5-7-13(8-6-12)17(25)19(26)20-15-4-2-3-14(11-15)18-21-22-23-24(18)16-9-10-16/h2-8,11,16H,9-10H2,1H3,(H,20,26). The fraction of sp³-hybridized carbons (Fsp3) is 0.211. The third-order valence-electron chi connectivity index (χ3n) is 4.28. The molecule has 1 aromatic heterocycles. The summed E-state index contributed by atoms with van der Waals surface area (Å²) in [5.74, 6) is -0.584. The third kappa shape index (κ3) is 3.23. The number of tetrazole rings is 1. The summed E-state index contributed by atoms with van der Waals surface area (Å²) in [7, 11) is 0. The molecule has 1 N–H and O–H groups in total. The summed E-state index contributed by atoms with van der Waals surface area (Å²) in [5.41, 5.74) is 2.71. The maximum absolute atomic E-state index is 12.3. The van der Waals surface area contributed by atoms with E-state index in [0.717, 1.165) is 24.0 Å². The Morgan fingerprint density at radius 3 is 2.62 bits per heavy atom. The first-order chi connectivity index (χ1) is 12.6. The van der Waals surface area contributed by atoms with Gasteiger partial charge in [0.25, 0.3) is 11.7 Å². The number of hydrogen-bond acceptors (Lipinski definition) is 5. The smallest absolute Gasteiger partial charge is 0.296 e. The van der Waals surface area contributed by atoms with Gasteiger partial charge in [-0.15, -0.1) is 5.10 Å². The summed E-state index contributed by atoms with van der Waals surface area (Å²) in [5, 5.41) is 14.5. The zero-order chi connectivity index (χ0) is 18.1. The molecule has 0 unspecified atom stereocenters. The van der Waals surface area contributed by atoms with Crippen molar-refractivity contribution in [2.45, 2.75) is 25.8 Å². The maximum Gasteiger partial charge on any atom is 0.296 e. The lowest BCUT2D eigenvalue weighted by atomic mass is 10.1. The van der Waals surface area contributed by atoms with Crippen LogP contribution in [-0.2, 0) is 4.79 Å². The number of nitrogens with zero attached hydrogens (tertiary/aromatic N) is 4. The normalized spacial score (nSPS) is 13.4. The largest absolute Gasteiger partial charge is 0.319 e. The van der Waals surface area contributed by atoms with Gasteiger partial charge in [0.05, 0.1) is 6.04 Å². The van der Waals surface area contributed by atoms with Crippen molar-refractivity contribution < 1.29 is 9.59 Å². The fourth-order valence-corrected chi connectivity index (χ4v) is 2.71. The summed E-state index contributed by atoms with van der Waals surface area (Å²) in [6.07, 6.45) is 2.14. The first-order valence-electron chi connectivity index (χ1n) is 8.42. The number of rotatable bonds is 5. The Hall–Kier alpha value is -3.35. The molecule has 3 aromatic rings. The van der Waals surface area contributed by atoms with Crippen LogP contribution < -0.4 is 5.32 Å². The Morgan fingerprint density at radius 1 is 1.12 bits per heavy atom. The first kappa shape index (κ1) is 16.1. The molecule has 130 valence electrons. The van der Waals surface area contributed by atoms with Crippen molar-refractivity contribution in [3.05, 3.63) is 59.7 Å². The Balaban J connectivity index is 1.53. The molecule has 26 heavy (non-hydrogen) atoms. The Bertz CT molecular complexity index is 974. The molecule has 0 atom stereocenters. The number of aryl methyl sites for hydroxylation is 1. The van der Waals surface area contributed by atoms with E-state index in [1.807, 2.05) is 13.0 Å². The van der Waals surface area contributed by atoms with Crippen LogP contribution >= 0.6 is 0 Å². The number of carbonyl (C=O) groups is 2. The molecular formula is C19H17N5O2. The maximum atomic E-state index is 12.3. The lowest BCUT2D eigenvalue weighted by Gasteiger charge is -2.07. The van der Waals surface area contributed by atoms with Crippen molar-refractivity contribution in [2.24, 2.45) is 0 Å². The Kier molecular flexibility index (Phi) is 4.04. The highest BCUT2D eigenvalue weighted by atomic mass is 16.2. The number of aromatic nitrogens is 4. The van der Waals surface area contributed by atoms with Crippen molar-refractivity contribution in [2.75, 3.05) is 5.32 Å². The molecule has 4 rings (SSSR count). The minimum absolute atomic E-state index is 0.348. The van der Waals surface area contributed by atoms with E-state index in [9.17, 15) is 9.59 Å². The molecule has 1 amide bonds. The second-order valence-electron chi connectivity index (χ2n) is 6.41. The number of ketones is 1. The van der Waals surface area contributed by atoms with Gasteiger partial charge >= 0.3 is 0 Å². The molecule has 0 bridgehead atoms. The summed E-state index contributed by atoms with van der Waals surface area (Å²) >= 11 is 0. The van der Waals surface area contributed by atoms with E-state index in [4.69, 9.17) is 0 Å². The first-order valence-corrected chi connectivity index (χ1v) is 8.42. The van der Waals surface area contributed by atoms with Gasteiger partial charge in [-0.3, -0.25) is 9.59 Å². The quantitative estimate of drug-likeness (QED) is 0.566. The average Bonchev–Trinajstić information content (AvgIpc) is 3.38. The molecular weight excluding hydrogens is 330 g/mol. The summed E-state index contributed by atoms with van der Waals surface area (Å²) in [6, 6.07) is 14.4. The van der Waals surface area contributed by atoms with Gasteiger partial charge in [-0.2, -0.15) is 0 Å². The molecule has 1 saturated carbocycles. The summed E-state index contributed by atoms with van der Waals surface area (Å²) in [4.78, 5) is 24.6. The molecule has 1 aliphatic carbocycles. The number of nitrogens with one attached hydrogen (secondary N) is 1. The highest BCUT2D eigenvalue weighted by Crippen LogP contribution is 2.36. The number of hydrogen-bond donors (Lipinski definition) is 1. The van der Waals surface area contributed by atoms with Crippen LogP contribution in [0, 0.1) is 6.92 Å². The van der Waals surface area contributed by atoms with Crippen molar-refractivity contribution in [1.29, 1.82) is 0 Å². The minimum atomic E-state index is -0.673. The van der Waals surface area contributed by atoms with Crippen molar-refractivity contribution >= 4 is 17.4 Å². The third-order valence-corrected chi connectivity index (χ3v) is 4.28. The van der Waals surface area contributed by atoms with Crippen LogP contribution in [0.4, 0.5) is 5.69 Å². The summed E-state index contributed by atoms with van der Waals surface area (Å²) in [6.45, 7) is 1.93. The predicted octanol–water partition coefficient (Wildman–Crippen LogP) is 2.80. The molecule has 1 aliphatic rings. The topological polar surface area (TPSA) is 89.8 Å². The van der Waals surface area contributed by atoms with E-state index in [1.165, 1.54) is 0 Å². The Labute approximate surface area is 150 Å². The monoisotopic (exact) mass is 347 g/mol. The molecule has 0 saturated heterocycles. The molecule has 0 radical (unpaired) electrons. The van der Waals surface area contributed by atoms with Gasteiger partial charge in [0.1, 0.15) is 0 Å². The van der Waals surface area contributed by atoms with Crippen LogP contribution in [0.2, 0.25) is 0 Å². The van der Waals surface area contributed by atoms with Crippen LogP contribution in [-0.4, -0.2) is 31.9 Å². The second-order valence-corrected chi connectivity index (χ2v) is 6.41. The highest BCUT2D eigenvalue weighted by molar-refractivity contribution is 6.46. The minimum Gasteiger partial charge on any atom is -0.319 e. The van der Waals surface area contributed by atoms with E-state index < -0.39 is 11.7 Å². The van der Waals surface area contributed by atoms with E-state index in [0.29, 0.717) is 23.1 Å². The van der Waals surface area contributed by atoms with Gasteiger partial charge in [0, 0.05) is 16.8 Å². The van der Waals surface area contributed by atoms with Crippen LogP contribution in [0.3, 0.4) is 0 Å². The van der Waals surface area contributed by atoms with Crippen molar-refractivity contribution in [3.8, 4) is 11.4 Å². The van der Waals surface area contributed by atoms with E-state index >= 15 is 0 Å². The average molecular weight is 347 g/mol. The molecule has 0 aliphatic heterocycles. The lowest BCUT2D eigenvalue weighted by Crippen LogP contribution is -2.22. The zero-order valence-corrected chi connectivity index (χ0v) is 14.2. The van der Waals surface area contributed by atoms with E-state index in [1.54, 1.807) is 47.1 Å². The number of benzene rings is 2. The summed E-state index contributed by atoms with van der Waals surface area (Å²) < 4.78 is 1.80. The molecule has 0 spiro atoms. The van der Waals surface area contributed by atoms with Crippen molar-refractivity contribution in [3.63, 3.8) is 0 Å². The van der Waals surface area contributed by atoms with Gasteiger partial charge in [-0.1, -0.05) is 42.0 Å². The van der Waals surface area contributed by atoms with Crippen molar-refractivity contribution in [1.82, 2.24) is 20.2 Å². The fourth-order valence-electron chi connectivity index (χ4n) is 2.71. The highest BCUT2D eigenvalue weighted by Gasteiger charge is 2.28. The van der Waals surface area contributed by atoms with E-state index in [2.05, 4.69) is 20.8 Å². The number of anilines is 1. The van der Waals surface area contributed by atoms with E-state index in [-0.39, 0.29) is 0 Å². The molecule has 7 nitrogen and oxygen atoms in total. The lowest BCUT2D eigenvalue weighted by molar-refractivity contribution is -0.112. The van der Waals surface area contributed by atoms with Gasteiger partial charge in [0.2, 0.25) is 0 Å². The van der Waals surface area contributed by atoms with Crippen LogP contribution in [0.5, 0.6) is 0 Å².